The van der Waals surface area contributed by atoms with Crippen molar-refractivity contribution >= 4 is 22.9 Å². The molecular formula is C13H15N3OS. The molecule has 0 saturated carbocycles. The van der Waals surface area contributed by atoms with Crippen molar-refractivity contribution in [3.63, 3.8) is 0 Å². The Labute approximate surface area is 110 Å². The number of hydrogen-bond acceptors (Lipinski definition) is 4. The average molecular weight is 261 g/mol. The lowest BCUT2D eigenvalue weighted by Crippen LogP contribution is -2.24. The molecule has 1 heterocycles. The van der Waals surface area contributed by atoms with E-state index in [0.717, 1.165) is 16.3 Å². The first-order valence-corrected chi connectivity index (χ1v) is 6.49. The van der Waals surface area contributed by atoms with E-state index in [1.165, 1.54) is 0 Å². The number of thiazole rings is 1. The van der Waals surface area contributed by atoms with Gasteiger partial charge in [-0.25, -0.2) is 4.98 Å². The van der Waals surface area contributed by atoms with Crippen molar-refractivity contribution in [1.82, 2.24) is 10.3 Å². The lowest BCUT2D eigenvalue weighted by Gasteiger charge is -2.07. The van der Waals surface area contributed by atoms with E-state index in [9.17, 15) is 4.79 Å². The quantitative estimate of drug-likeness (QED) is 0.833. The summed E-state index contributed by atoms with van der Waals surface area (Å²) in [4.78, 5) is 16.3. The molecule has 18 heavy (non-hydrogen) atoms. The fourth-order valence-electron chi connectivity index (χ4n) is 1.62. The first-order valence-electron chi connectivity index (χ1n) is 5.61. The first kappa shape index (κ1) is 12.6. The molecule has 0 fully saturated rings. The van der Waals surface area contributed by atoms with Crippen molar-refractivity contribution in [2.75, 3.05) is 5.73 Å². The second-order valence-corrected chi connectivity index (χ2v) is 5.19. The molecule has 1 aromatic carbocycles. The topological polar surface area (TPSA) is 68.0 Å². The van der Waals surface area contributed by atoms with Gasteiger partial charge in [-0.3, -0.25) is 4.79 Å². The number of carbonyl (C=O) groups is 1. The molecule has 2 aromatic rings. The van der Waals surface area contributed by atoms with Gasteiger partial charge in [0, 0.05) is 11.1 Å². The van der Waals surface area contributed by atoms with Crippen LogP contribution in [0.2, 0.25) is 0 Å². The number of rotatable bonds is 3. The first-order chi connectivity index (χ1) is 8.56. The van der Waals surface area contributed by atoms with E-state index in [2.05, 4.69) is 10.3 Å². The highest BCUT2D eigenvalue weighted by Crippen LogP contribution is 2.14. The van der Waals surface area contributed by atoms with Gasteiger partial charge >= 0.3 is 0 Å². The Balaban J connectivity index is 2.05. The zero-order valence-corrected chi connectivity index (χ0v) is 11.2. The van der Waals surface area contributed by atoms with Gasteiger partial charge in [-0.05, 0) is 26.0 Å². The summed E-state index contributed by atoms with van der Waals surface area (Å²) in [5.74, 6) is -0.165. The molecule has 94 valence electrons. The molecule has 0 aliphatic rings. The molecule has 0 atom stereocenters. The molecule has 0 radical (unpaired) electrons. The Morgan fingerprint density at radius 1 is 1.44 bits per heavy atom. The van der Waals surface area contributed by atoms with Crippen LogP contribution in [0.1, 0.15) is 26.6 Å². The van der Waals surface area contributed by atoms with Crippen LogP contribution in [0.15, 0.2) is 23.6 Å². The largest absolute Gasteiger partial charge is 0.398 e. The fraction of sp³-hybridized carbons (Fsp3) is 0.231. The Morgan fingerprint density at radius 3 is 2.89 bits per heavy atom. The minimum Gasteiger partial charge on any atom is -0.398 e. The second kappa shape index (κ2) is 5.18. The van der Waals surface area contributed by atoms with Gasteiger partial charge in [-0.2, -0.15) is 0 Å². The molecule has 5 heteroatoms. The van der Waals surface area contributed by atoms with Crippen LogP contribution in [0.4, 0.5) is 5.69 Å². The van der Waals surface area contributed by atoms with Crippen LogP contribution >= 0.6 is 11.3 Å². The molecule has 1 amide bonds. The van der Waals surface area contributed by atoms with Crippen LogP contribution in [-0.2, 0) is 6.54 Å². The highest BCUT2D eigenvalue weighted by atomic mass is 32.1. The Kier molecular flexibility index (Phi) is 3.62. The normalized spacial score (nSPS) is 10.3. The highest BCUT2D eigenvalue weighted by Gasteiger charge is 2.10. The van der Waals surface area contributed by atoms with Gasteiger partial charge in [0.2, 0.25) is 0 Å². The maximum Gasteiger partial charge on any atom is 0.253 e. The summed E-state index contributed by atoms with van der Waals surface area (Å²) in [6, 6.07) is 5.42. The van der Waals surface area contributed by atoms with E-state index in [0.29, 0.717) is 17.8 Å². The summed E-state index contributed by atoms with van der Waals surface area (Å²) < 4.78 is 0. The number of carbonyl (C=O) groups excluding carboxylic acids is 1. The van der Waals surface area contributed by atoms with Gasteiger partial charge < -0.3 is 11.1 Å². The van der Waals surface area contributed by atoms with Gasteiger partial charge in [0.05, 0.1) is 22.8 Å². The Morgan fingerprint density at radius 2 is 2.22 bits per heavy atom. The summed E-state index contributed by atoms with van der Waals surface area (Å²) >= 11 is 1.57. The van der Waals surface area contributed by atoms with Crippen molar-refractivity contribution in [2.45, 2.75) is 20.4 Å². The van der Waals surface area contributed by atoms with Crippen LogP contribution in [-0.4, -0.2) is 10.9 Å². The van der Waals surface area contributed by atoms with E-state index in [1.807, 2.05) is 25.3 Å². The Bertz CT molecular complexity index is 577. The van der Waals surface area contributed by atoms with Gasteiger partial charge in [0.25, 0.3) is 5.91 Å². The molecule has 1 aromatic heterocycles. The van der Waals surface area contributed by atoms with Crippen LogP contribution in [0.5, 0.6) is 0 Å². The number of nitrogens with one attached hydrogen (secondary N) is 1. The predicted molar refractivity (Wildman–Crippen MR) is 73.6 cm³/mol. The maximum atomic E-state index is 12.0. The zero-order chi connectivity index (χ0) is 13.1. The molecule has 4 nitrogen and oxygen atoms in total. The number of anilines is 1. The summed E-state index contributed by atoms with van der Waals surface area (Å²) in [5.41, 5.74) is 8.68. The van der Waals surface area contributed by atoms with Crippen LogP contribution in [0, 0.1) is 13.8 Å². The van der Waals surface area contributed by atoms with Crippen molar-refractivity contribution in [1.29, 1.82) is 0 Å². The smallest absolute Gasteiger partial charge is 0.253 e. The molecule has 0 unspecified atom stereocenters. The van der Waals surface area contributed by atoms with E-state index in [1.54, 1.807) is 23.5 Å². The number of nitrogens with two attached hydrogens (primary N) is 1. The minimum absolute atomic E-state index is 0.165. The number of amides is 1. The molecule has 0 bridgehead atoms. The van der Waals surface area contributed by atoms with Gasteiger partial charge in [-0.1, -0.05) is 11.6 Å². The molecule has 0 spiro atoms. The monoisotopic (exact) mass is 261 g/mol. The molecule has 0 aliphatic carbocycles. The van der Waals surface area contributed by atoms with Gasteiger partial charge in [0.1, 0.15) is 0 Å². The summed E-state index contributed by atoms with van der Waals surface area (Å²) in [6.07, 6.45) is 0. The predicted octanol–water partition coefficient (Wildman–Crippen LogP) is 2.27. The lowest BCUT2D eigenvalue weighted by atomic mass is 10.1. The van der Waals surface area contributed by atoms with E-state index >= 15 is 0 Å². The van der Waals surface area contributed by atoms with Crippen LogP contribution in [0.3, 0.4) is 0 Å². The number of aryl methyl sites for hydroxylation is 2. The summed E-state index contributed by atoms with van der Waals surface area (Å²) in [6.45, 7) is 4.30. The molecule has 2 rings (SSSR count). The number of hydrogen-bond donors (Lipinski definition) is 2. The van der Waals surface area contributed by atoms with Crippen molar-refractivity contribution in [3.8, 4) is 0 Å². The van der Waals surface area contributed by atoms with Crippen molar-refractivity contribution < 1.29 is 4.79 Å². The van der Waals surface area contributed by atoms with E-state index in [4.69, 9.17) is 5.73 Å². The SMILES string of the molecule is Cc1ccc(N)c(C(=O)NCc2csc(C)n2)c1. The third-order valence-electron chi connectivity index (χ3n) is 2.55. The van der Waals surface area contributed by atoms with Gasteiger partial charge in [-0.15, -0.1) is 11.3 Å². The average Bonchev–Trinajstić information content (AvgIpc) is 2.75. The fourth-order valence-corrected chi connectivity index (χ4v) is 2.23. The molecule has 0 saturated heterocycles. The van der Waals surface area contributed by atoms with Gasteiger partial charge in [0.15, 0.2) is 0 Å². The van der Waals surface area contributed by atoms with Crippen molar-refractivity contribution in [2.24, 2.45) is 0 Å². The number of aromatic nitrogens is 1. The number of nitrogens with zero attached hydrogens (tertiary/aromatic N) is 1. The van der Waals surface area contributed by atoms with Crippen LogP contribution < -0.4 is 11.1 Å². The zero-order valence-electron chi connectivity index (χ0n) is 10.4. The highest BCUT2D eigenvalue weighted by molar-refractivity contribution is 7.09. The standard InChI is InChI=1S/C13H15N3OS/c1-8-3-4-12(14)11(5-8)13(17)15-6-10-7-18-9(2)16-10/h3-5,7H,6,14H2,1-2H3,(H,15,17). The number of nitrogen functional groups attached to an aromatic ring is 1. The maximum absolute atomic E-state index is 12.0. The molecule has 0 aliphatic heterocycles. The third kappa shape index (κ3) is 2.87. The van der Waals surface area contributed by atoms with E-state index < -0.39 is 0 Å². The summed E-state index contributed by atoms with van der Waals surface area (Å²) in [5, 5.41) is 5.76. The minimum atomic E-state index is -0.165. The summed E-state index contributed by atoms with van der Waals surface area (Å²) in [7, 11) is 0. The van der Waals surface area contributed by atoms with Crippen LogP contribution in [0.25, 0.3) is 0 Å². The lowest BCUT2D eigenvalue weighted by molar-refractivity contribution is 0.0951. The third-order valence-corrected chi connectivity index (χ3v) is 3.37. The number of benzene rings is 1. The van der Waals surface area contributed by atoms with Crippen molar-refractivity contribution in [3.05, 3.63) is 45.4 Å². The van der Waals surface area contributed by atoms with E-state index in [-0.39, 0.29) is 5.91 Å². The molecule has 3 N–H and O–H groups in total. The molecular weight excluding hydrogens is 246 g/mol. The second-order valence-electron chi connectivity index (χ2n) is 4.13. The Hall–Kier alpha value is -1.88.